The van der Waals surface area contributed by atoms with Gasteiger partial charge in [-0.25, -0.2) is 4.98 Å². The van der Waals surface area contributed by atoms with Crippen LogP contribution in [-0.4, -0.2) is 4.98 Å². The number of aromatic nitrogens is 1. The zero-order chi connectivity index (χ0) is 14.7. The van der Waals surface area contributed by atoms with Crippen LogP contribution in [0.1, 0.15) is 36.5 Å². The average molecular weight is 266 g/mol. The third-order valence-electron chi connectivity index (χ3n) is 3.20. The Kier molecular flexibility index (Phi) is 3.90. The van der Waals surface area contributed by atoms with Crippen LogP contribution >= 0.6 is 0 Å². The maximum Gasteiger partial charge on any atom is 0.148 e. The standard InChI is InChI=1S/C16H18N4/c1-10(2)14-6-4-5-11(3)15(14)20-16-12(8-17)7-13(18)9-19-16/h4-7,9-10H,18H2,1-3H3,(H,19,20). The second-order valence-electron chi connectivity index (χ2n) is 5.10. The highest BCUT2D eigenvalue weighted by molar-refractivity contribution is 5.70. The molecule has 20 heavy (non-hydrogen) atoms. The van der Waals surface area contributed by atoms with E-state index in [2.05, 4.69) is 36.3 Å². The first kappa shape index (κ1) is 13.9. The normalized spacial score (nSPS) is 10.3. The van der Waals surface area contributed by atoms with E-state index in [4.69, 9.17) is 5.73 Å². The molecule has 0 unspecified atom stereocenters. The van der Waals surface area contributed by atoms with Gasteiger partial charge in [-0.3, -0.25) is 0 Å². The maximum absolute atomic E-state index is 9.18. The van der Waals surface area contributed by atoms with Crippen LogP contribution in [0.15, 0.2) is 30.5 Å². The highest BCUT2D eigenvalue weighted by Gasteiger charge is 2.12. The van der Waals surface area contributed by atoms with Gasteiger partial charge >= 0.3 is 0 Å². The Labute approximate surface area is 119 Å². The number of nitrogens with one attached hydrogen (secondary N) is 1. The molecule has 0 aliphatic heterocycles. The molecule has 1 heterocycles. The van der Waals surface area contributed by atoms with Crippen LogP contribution in [0.4, 0.5) is 17.2 Å². The molecule has 0 amide bonds. The molecule has 0 fully saturated rings. The van der Waals surface area contributed by atoms with Crippen molar-refractivity contribution in [3.05, 3.63) is 47.2 Å². The molecule has 2 aromatic rings. The van der Waals surface area contributed by atoms with Crippen LogP contribution in [0.25, 0.3) is 0 Å². The van der Waals surface area contributed by atoms with E-state index >= 15 is 0 Å². The Morgan fingerprint density at radius 1 is 1.35 bits per heavy atom. The molecule has 3 N–H and O–H groups in total. The van der Waals surface area contributed by atoms with E-state index < -0.39 is 0 Å². The number of pyridine rings is 1. The van der Waals surface area contributed by atoms with Crippen molar-refractivity contribution in [1.82, 2.24) is 4.98 Å². The number of anilines is 3. The van der Waals surface area contributed by atoms with Crippen molar-refractivity contribution in [3.63, 3.8) is 0 Å². The molecular weight excluding hydrogens is 248 g/mol. The second-order valence-corrected chi connectivity index (χ2v) is 5.10. The van der Waals surface area contributed by atoms with Gasteiger partial charge in [-0.2, -0.15) is 5.26 Å². The minimum atomic E-state index is 0.386. The summed E-state index contributed by atoms with van der Waals surface area (Å²) < 4.78 is 0. The lowest BCUT2D eigenvalue weighted by molar-refractivity contribution is 0.867. The largest absolute Gasteiger partial charge is 0.397 e. The van der Waals surface area contributed by atoms with E-state index in [1.165, 1.54) is 5.56 Å². The van der Waals surface area contributed by atoms with Crippen molar-refractivity contribution in [2.75, 3.05) is 11.1 Å². The molecule has 1 aromatic carbocycles. The van der Waals surface area contributed by atoms with Gasteiger partial charge < -0.3 is 11.1 Å². The molecule has 2 rings (SSSR count). The molecule has 4 heteroatoms. The summed E-state index contributed by atoms with van der Waals surface area (Å²) in [6, 6.07) is 9.91. The number of nitrogens with zero attached hydrogens (tertiary/aromatic N) is 2. The van der Waals surface area contributed by atoms with Crippen molar-refractivity contribution in [1.29, 1.82) is 5.26 Å². The van der Waals surface area contributed by atoms with Crippen LogP contribution in [0.2, 0.25) is 0 Å². The Morgan fingerprint density at radius 2 is 2.10 bits per heavy atom. The average Bonchev–Trinajstić information content (AvgIpc) is 2.42. The first-order chi connectivity index (χ1) is 9.52. The predicted molar refractivity (Wildman–Crippen MR) is 81.9 cm³/mol. The number of nitrogen functional groups attached to an aromatic ring is 1. The summed E-state index contributed by atoms with van der Waals surface area (Å²) in [5.74, 6) is 0.926. The minimum absolute atomic E-state index is 0.386. The number of para-hydroxylation sites is 1. The molecule has 0 atom stereocenters. The molecule has 0 aliphatic rings. The van der Waals surface area contributed by atoms with Crippen molar-refractivity contribution in [2.45, 2.75) is 26.7 Å². The summed E-state index contributed by atoms with van der Waals surface area (Å²) in [4.78, 5) is 4.23. The van der Waals surface area contributed by atoms with Crippen LogP contribution in [0, 0.1) is 18.3 Å². The summed E-state index contributed by atoms with van der Waals surface area (Å²) >= 11 is 0. The Morgan fingerprint density at radius 3 is 2.75 bits per heavy atom. The molecule has 4 nitrogen and oxygen atoms in total. The third kappa shape index (κ3) is 2.72. The fourth-order valence-electron chi connectivity index (χ4n) is 2.13. The van der Waals surface area contributed by atoms with Crippen LogP contribution < -0.4 is 11.1 Å². The van der Waals surface area contributed by atoms with E-state index in [9.17, 15) is 5.26 Å². The molecule has 0 aliphatic carbocycles. The van der Waals surface area contributed by atoms with Gasteiger partial charge in [0, 0.05) is 5.69 Å². The van der Waals surface area contributed by atoms with E-state index in [0.29, 0.717) is 23.0 Å². The number of benzene rings is 1. The SMILES string of the molecule is Cc1cccc(C(C)C)c1Nc1ncc(N)cc1C#N. The van der Waals surface area contributed by atoms with E-state index in [1.807, 2.05) is 19.1 Å². The van der Waals surface area contributed by atoms with Crippen LogP contribution in [-0.2, 0) is 0 Å². The maximum atomic E-state index is 9.18. The number of nitrogens with two attached hydrogens (primary N) is 1. The van der Waals surface area contributed by atoms with E-state index in [-0.39, 0.29) is 0 Å². The van der Waals surface area contributed by atoms with Crippen LogP contribution in [0.3, 0.4) is 0 Å². The van der Waals surface area contributed by atoms with Gasteiger partial charge in [0.25, 0.3) is 0 Å². The number of nitriles is 1. The summed E-state index contributed by atoms with van der Waals surface area (Å²) in [5.41, 5.74) is 9.93. The number of hydrogen-bond acceptors (Lipinski definition) is 4. The van der Waals surface area contributed by atoms with Crippen molar-refractivity contribution in [3.8, 4) is 6.07 Å². The number of rotatable bonds is 3. The fourth-order valence-corrected chi connectivity index (χ4v) is 2.13. The lowest BCUT2D eigenvalue weighted by Crippen LogP contribution is -2.04. The zero-order valence-corrected chi connectivity index (χ0v) is 11.9. The molecule has 0 bridgehead atoms. The molecule has 0 radical (unpaired) electrons. The van der Waals surface area contributed by atoms with Crippen LogP contribution in [0.5, 0.6) is 0 Å². The highest BCUT2D eigenvalue weighted by atomic mass is 15.0. The van der Waals surface area contributed by atoms with Gasteiger partial charge in [-0.1, -0.05) is 32.0 Å². The third-order valence-corrected chi connectivity index (χ3v) is 3.20. The number of aryl methyl sites for hydroxylation is 1. The monoisotopic (exact) mass is 266 g/mol. The van der Waals surface area contributed by atoms with Crippen molar-refractivity contribution >= 4 is 17.2 Å². The van der Waals surface area contributed by atoms with Gasteiger partial charge in [0.05, 0.1) is 17.4 Å². The van der Waals surface area contributed by atoms with Crippen molar-refractivity contribution in [2.24, 2.45) is 0 Å². The predicted octanol–water partition coefficient (Wildman–Crippen LogP) is 3.71. The highest BCUT2D eigenvalue weighted by Crippen LogP contribution is 2.30. The smallest absolute Gasteiger partial charge is 0.148 e. The molecule has 0 spiro atoms. The summed E-state index contributed by atoms with van der Waals surface area (Å²) in [7, 11) is 0. The molecule has 1 aromatic heterocycles. The summed E-state index contributed by atoms with van der Waals surface area (Å²) in [6.45, 7) is 6.32. The van der Waals surface area contributed by atoms with E-state index in [0.717, 1.165) is 11.3 Å². The fraction of sp³-hybridized carbons (Fsp3) is 0.250. The molecule has 102 valence electrons. The first-order valence-corrected chi connectivity index (χ1v) is 6.55. The van der Waals surface area contributed by atoms with Gasteiger partial charge in [-0.15, -0.1) is 0 Å². The molecule has 0 saturated carbocycles. The van der Waals surface area contributed by atoms with Crippen molar-refractivity contribution < 1.29 is 0 Å². The molecular formula is C16H18N4. The molecule has 0 saturated heterocycles. The Balaban J connectivity index is 2.48. The Bertz CT molecular complexity index is 669. The lowest BCUT2D eigenvalue weighted by atomic mass is 9.98. The summed E-state index contributed by atoms with van der Waals surface area (Å²) in [5, 5.41) is 12.5. The zero-order valence-electron chi connectivity index (χ0n) is 11.9. The first-order valence-electron chi connectivity index (χ1n) is 6.55. The topological polar surface area (TPSA) is 74.7 Å². The lowest BCUT2D eigenvalue weighted by Gasteiger charge is -2.17. The van der Waals surface area contributed by atoms with Gasteiger partial charge in [-0.05, 0) is 30.0 Å². The summed E-state index contributed by atoms with van der Waals surface area (Å²) in [6.07, 6.45) is 1.55. The second kappa shape index (κ2) is 5.62. The minimum Gasteiger partial charge on any atom is -0.397 e. The van der Waals surface area contributed by atoms with Gasteiger partial charge in [0.2, 0.25) is 0 Å². The quantitative estimate of drug-likeness (QED) is 0.888. The van der Waals surface area contributed by atoms with Gasteiger partial charge in [0.15, 0.2) is 0 Å². The Hall–Kier alpha value is -2.54. The van der Waals surface area contributed by atoms with E-state index in [1.54, 1.807) is 12.3 Å². The van der Waals surface area contributed by atoms with Gasteiger partial charge in [0.1, 0.15) is 11.9 Å². The number of hydrogen-bond donors (Lipinski definition) is 2.